The van der Waals surface area contributed by atoms with Gasteiger partial charge in [0.25, 0.3) is 0 Å². The lowest BCUT2D eigenvalue weighted by Gasteiger charge is -2.21. The summed E-state index contributed by atoms with van der Waals surface area (Å²) in [7, 11) is 1.36. The summed E-state index contributed by atoms with van der Waals surface area (Å²) in [5.74, 6) is 0.278. The largest absolute Gasteiger partial charge is 0.465 e. The first-order valence-electron chi connectivity index (χ1n) is 8.98. The van der Waals surface area contributed by atoms with Crippen molar-refractivity contribution in [3.05, 3.63) is 36.2 Å². The van der Waals surface area contributed by atoms with Crippen LogP contribution in [0.15, 0.2) is 30.6 Å². The fourth-order valence-electron chi connectivity index (χ4n) is 3.57. The molecule has 3 aromatic rings. The average Bonchev–Trinajstić information content (AvgIpc) is 3.10. The van der Waals surface area contributed by atoms with Crippen molar-refractivity contribution in [3.8, 4) is 11.4 Å². The summed E-state index contributed by atoms with van der Waals surface area (Å²) in [4.78, 5) is 20.5. The number of methoxy groups -OCH3 is 1. The predicted molar refractivity (Wildman–Crippen MR) is 96.5 cm³/mol. The Balaban J connectivity index is 1.61. The second-order valence-electron chi connectivity index (χ2n) is 6.76. The minimum absolute atomic E-state index is 0.395. The average molecular weight is 351 g/mol. The van der Waals surface area contributed by atoms with Gasteiger partial charge in [0.05, 0.1) is 30.3 Å². The second-order valence-corrected chi connectivity index (χ2v) is 6.76. The van der Waals surface area contributed by atoms with Gasteiger partial charge in [-0.1, -0.05) is 24.5 Å². The first-order valence-corrected chi connectivity index (χ1v) is 8.98. The lowest BCUT2D eigenvalue weighted by atomic mass is 9.89. The van der Waals surface area contributed by atoms with Gasteiger partial charge in [0.2, 0.25) is 0 Å². The highest BCUT2D eigenvalue weighted by molar-refractivity contribution is 5.90. The zero-order valence-corrected chi connectivity index (χ0v) is 14.8. The van der Waals surface area contributed by atoms with Crippen molar-refractivity contribution in [3.63, 3.8) is 0 Å². The van der Waals surface area contributed by atoms with Crippen LogP contribution >= 0.6 is 0 Å². The zero-order chi connectivity index (χ0) is 17.9. The molecule has 134 valence electrons. The Morgan fingerprint density at radius 2 is 2.00 bits per heavy atom. The van der Waals surface area contributed by atoms with Crippen molar-refractivity contribution in [2.45, 2.75) is 38.6 Å². The van der Waals surface area contributed by atoms with Crippen LogP contribution in [0, 0.1) is 5.92 Å². The van der Waals surface area contributed by atoms with Crippen LogP contribution in [-0.4, -0.2) is 38.0 Å². The molecule has 7 heteroatoms. The van der Waals surface area contributed by atoms with E-state index in [1.165, 1.54) is 39.2 Å². The van der Waals surface area contributed by atoms with E-state index in [-0.39, 0.29) is 0 Å². The van der Waals surface area contributed by atoms with Gasteiger partial charge in [-0.25, -0.2) is 9.48 Å². The fourth-order valence-corrected chi connectivity index (χ4v) is 3.57. The molecule has 0 bridgehead atoms. The summed E-state index contributed by atoms with van der Waals surface area (Å²) in [5.41, 5.74) is 3.43. The summed E-state index contributed by atoms with van der Waals surface area (Å²) < 4.78 is 6.72. The highest BCUT2D eigenvalue weighted by Crippen LogP contribution is 2.26. The number of esters is 1. The van der Waals surface area contributed by atoms with E-state index in [2.05, 4.69) is 20.3 Å². The number of carbonyl (C=O) groups excluding carboxylic acids is 1. The molecule has 1 fully saturated rings. The van der Waals surface area contributed by atoms with Crippen LogP contribution in [0.4, 0.5) is 0 Å². The Hall–Kier alpha value is -2.83. The van der Waals surface area contributed by atoms with Crippen LogP contribution in [0.2, 0.25) is 0 Å². The topological polar surface area (TPSA) is 82.8 Å². The molecule has 7 nitrogen and oxygen atoms in total. The molecular weight excluding hydrogens is 330 g/mol. The van der Waals surface area contributed by atoms with Crippen molar-refractivity contribution < 1.29 is 9.53 Å². The summed E-state index contributed by atoms with van der Waals surface area (Å²) in [6, 6.07) is 5.16. The number of nitrogens with zero attached hydrogens (tertiary/aromatic N) is 5. The van der Waals surface area contributed by atoms with Gasteiger partial charge in [-0.3, -0.25) is 9.97 Å². The normalized spacial score (nSPS) is 15.3. The van der Waals surface area contributed by atoms with Crippen molar-refractivity contribution >= 4 is 17.0 Å². The van der Waals surface area contributed by atoms with Crippen LogP contribution in [0.1, 0.15) is 42.5 Å². The molecule has 0 aromatic carbocycles. The Kier molecular flexibility index (Phi) is 4.60. The molecule has 0 atom stereocenters. The second kappa shape index (κ2) is 7.19. The standard InChI is InChI=1S/C19H21N5O2/c1-26-19(25)14-7-8-20-15(9-14)16-10-17-18(11-21-16)24(23-22-17)12-13-5-3-2-4-6-13/h7-11,13H,2-6,12H2,1H3. The minimum atomic E-state index is -0.395. The monoisotopic (exact) mass is 351 g/mol. The van der Waals surface area contributed by atoms with Crippen molar-refractivity contribution in [2.75, 3.05) is 7.11 Å². The molecule has 0 amide bonds. The first-order chi connectivity index (χ1) is 12.7. The van der Waals surface area contributed by atoms with Crippen LogP contribution in [-0.2, 0) is 11.3 Å². The smallest absolute Gasteiger partial charge is 0.337 e. The van der Waals surface area contributed by atoms with Crippen molar-refractivity contribution in [1.82, 2.24) is 25.0 Å². The molecule has 0 aliphatic heterocycles. The predicted octanol–water partition coefficient (Wildman–Crippen LogP) is 3.26. The highest BCUT2D eigenvalue weighted by Gasteiger charge is 2.17. The Bertz CT molecular complexity index is 931. The number of pyridine rings is 2. The van der Waals surface area contributed by atoms with Gasteiger partial charge >= 0.3 is 5.97 Å². The van der Waals surface area contributed by atoms with E-state index in [9.17, 15) is 4.79 Å². The maximum atomic E-state index is 11.7. The van der Waals surface area contributed by atoms with Gasteiger partial charge in [0.1, 0.15) is 11.0 Å². The lowest BCUT2D eigenvalue weighted by molar-refractivity contribution is 0.0600. The molecular formula is C19H21N5O2. The van der Waals surface area contributed by atoms with Gasteiger partial charge in [-0.15, -0.1) is 5.10 Å². The third kappa shape index (κ3) is 3.29. The molecule has 1 aliphatic carbocycles. The molecule has 4 rings (SSSR count). The molecule has 0 saturated heterocycles. The van der Waals surface area contributed by atoms with Gasteiger partial charge in [-0.05, 0) is 37.0 Å². The van der Waals surface area contributed by atoms with Crippen molar-refractivity contribution in [1.29, 1.82) is 0 Å². The third-order valence-electron chi connectivity index (χ3n) is 5.00. The SMILES string of the molecule is COC(=O)c1ccnc(-c2cc3nnn(CC4CCCCC4)c3cn2)c1. The van der Waals surface area contributed by atoms with E-state index in [0.29, 0.717) is 22.9 Å². The quantitative estimate of drug-likeness (QED) is 0.671. The van der Waals surface area contributed by atoms with E-state index in [1.54, 1.807) is 24.5 Å². The minimum Gasteiger partial charge on any atom is -0.465 e. The number of fused-ring (bicyclic) bond motifs is 1. The van der Waals surface area contributed by atoms with Gasteiger partial charge < -0.3 is 4.74 Å². The Morgan fingerprint density at radius 3 is 2.81 bits per heavy atom. The molecule has 0 spiro atoms. The van der Waals surface area contributed by atoms with Crippen LogP contribution in [0.5, 0.6) is 0 Å². The van der Waals surface area contributed by atoms with Crippen molar-refractivity contribution in [2.24, 2.45) is 5.92 Å². The summed E-state index contributed by atoms with van der Waals surface area (Å²) in [5, 5.41) is 8.61. The molecule has 0 radical (unpaired) electrons. The molecule has 0 unspecified atom stereocenters. The highest BCUT2D eigenvalue weighted by atomic mass is 16.5. The molecule has 3 aromatic heterocycles. The Morgan fingerprint density at radius 1 is 1.19 bits per heavy atom. The van der Waals surface area contributed by atoms with Gasteiger partial charge in [0, 0.05) is 12.7 Å². The molecule has 3 heterocycles. The van der Waals surface area contributed by atoms with Gasteiger partial charge in [0.15, 0.2) is 0 Å². The maximum absolute atomic E-state index is 11.7. The van der Waals surface area contributed by atoms with E-state index in [1.807, 2.05) is 10.7 Å². The maximum Gasteiger partial charge on any atom is 0.337 e. The van der Waals surface area contributed by atoms with E-state index < -0.39 is 5.97 Å². The van der Waals surface area contributed by atoms with E-state index in [4.69, 9.17) is 4.74 Å². The number of aromatic nitrogens is 5. The van der Waals surface area contributed by atoms with E-state index in [0.717, 1.165) is 17.6 Å². The number of ether oxygens (including phenoxy) is 1. The summed E-state index contributed by atoms with van der Waals surface area (Å²) in [6.07, 6.45) is 9.85. The molecule has 1 saturated carbocycles. The van der Waals surface area contributed by atoms with Gasteiger partial charge in [-0.2, -0.15) is 0 Å². The van der Waals surface area contributed by atoms with Crippen LogP contribution < -0.4 is 0 Å². The first kappa shape index (κ1) is 16.6. The molecule has 1 aliphatic rings. The zero-order valence-electron chi connectivity index (χ0n) is 14.8. The third-order valence-corrected chi connectivity index (χ3v) is 5.00. The number of rotatable bonds is 4. The lowest BCUT2D eigenvalue weighted by Crippen LogP contribution is -2.15. The number of carbonyl (C=O) groups is 1. The Labute approximate surface area is 151 Å². The number of hydrogen-bond donors (Lipinski definition) is 0. The van der Waals surface area contributed by atoms with Crippen LogP contribution in [0.25, 0.3) is 22.4 Å². The van der Waals surface area contributed by atoms with Crippen LogP contribution in [0.3, 0.4) is 0 Å². The number of hydrogen-bond acceptors (Lipinski definition) is 6. The summed E-state index contributed by atoms with van der Waals surface area (Å²) >= 11 is 0. The van der Waals surface area contributed by atoms with E-state index >= 15 is 0 Å². The molecule has 0 N–H and O–H groups in total. The molecule has 26 heavy (non-hydrogen) atoms. The fraction of sp³-hybridized carbons (Fsp3) is 0.421. The summed E-state index contributed by atoms with van der Waals surface area (Å²) in [6.45, 7) is 0.896.